The summed E-state index contributed by atoms with van der Waals surface area (Å²) < 4.78 is 0. The summed E-state index contributed by atoms with van der Waals surface area (Å²) in [7, 11) is 0. The molecule has 2 amide bonds. The Morgan fingerprint density at radius 2 is 1.89 bits per heavy atom. The summed E-state index contributed by atoms with van der Waals surface area (Å²) in [5.41, 5.74) is 2.43. The number of anilines is 1. The molecule has 0 spiro atoms. The summed E-state index contributed by atoms with van der Waals surface area (Å²) in [6, 6.07) is 10.1. The molecule has 2 aromatic carbocycles. The molecule has 0 aliphatic rings. The summed E-state index contributed by atoms with van der Waals surface area (Å²) in [5, 5.41) is 18.1. The molecule has 0 bridgehead atoms. The van der Waals surface area contributed by atoms with E-state index < -0.39 is 16.7 Å². The quantitative estimate of drug-likeness (QED) is 0.426. The van der Waals surface area contributed by atoms with Gasteiger partial charge in [0.05, 0.1) is 22.1 Å². The lowest BCUT2D eigenvalue weighted by Crippen LogP contribution is -2.22. The average molecular weight is 409 g/mol. The number of halogens is 2. The van der Waals surface area contributed by atoms with Gasteiger partial charge in [0.1, 0.15) is 5.56 Å². The number of carbonyl (C=O) groups excluding carboxylic acids is 2. The van der Waals surface area contributed by atoms with Gasteiger partial charge in [0, 0.05) is 16.8 Å². The Hall–Kier alpha value is -2.97. The highest BCUT2D eigenvalue weighted by Gasteiger charge is 2.18. The van der Waals surface area contributed by atoms with Crippen molar-refractivity contribution in [2.24, 2.45) is 5.10 Å². The van der Waals surface area contributed by atoms with E-state index >= 15 is 0 Å². The number of amides is 2. The number of benzene rings is 2. The van der Waals surface area contributed by atoms with Gasteiger partial charge in [0.25, 0.3) is 11.6 Å². The minimum Gasteiger partial charge on any atom is -0.324 e. The van der Waals surface area contributed by atoms with Crippen molar-refractivity contribution < 1.29 is 14.5 Å². The van der Waals surface area contributed by atoms with Gasteiger partial charge in [0.2, 0.25) is 5.91 Å². The lowest BCUT2D eigenvalue weighted by Gasteiger charge is -2.07. The van der Waals surface area contributed by atoms with Crippen LogP contribution in [-0.4, -0.2) is 22.4 Å². The monoisotopic (exact) mass is 408 g/mol. The number of hydrogen-bond acceptors (Lipinski definition) is 5. The zero-order valence-corrected chi connectivity index (χ0v) is 15.5. The number of nitro benzene ring substituents is 1. The van der Waals surface area contributed by atoms with E-state index in [4.69, 9.17) is 23.2 Å². The third-order valence-corrected chi connectivity index (χ3v) is 3.86. The summed E-state index contributed by atoms with van der Waals surface area (Å²) in [6.07, 6.45) is -0.115. The van der Waals surface area contributed by atoms with Crippen molar-refractivity contribution in [3.63, 3.8) is 0 Å². The van der Waals surface area contributed by atoms with Crippen LogP contribution in [0.5, 0.6) is 0 Å². The number of carbonyl (C=O) groups is 2. The second kappa shape index (κ2) is 9.11. The van der Waals surface area contributed by atoms with Crippen LogP contribution in [0.15, 0.2) is 47.6 Å². The van der Waals surface area contributed by atoms with Gasteiger partial charge in [-0.3, -0.25) is 19.7 Å². The molecule has 140 valence electrons. The molecule has 0 atom stereocenters. The molecule has 0 saturated carbocycles. The fraction of sp³-hybridized carbons (Fsp3) is 0.118. The maximum absolute atomic E-state index is 12.1. The van der Waals surface area contributed by atoms with E-state index in [-0.39, 0.29) is 22.7 Å². The first-order valence-electron chi connectivity index (χ1n) is 7.59. The van der Waals surface area contributed by atoms with E-state index in [0.29, 0.717) is 16.4 Å². The highest BCUT2D eigenvalue weighted by molar-refractivity contribution is 6.36. The van der Waals surface area contributed by atoms with E-state index in [0.717, 1.165) is 0 Å². The van der Waals surface area contributed by atoms with Crippen molar-refractivity contribution in [1.29, 1.82) is 0 Å². The number of hydrogen-bond donors (Lipinski definition) is 2. The smallest absolute Gasteiger partial charge is 0.282 e. The Morgan fingerprint density at radius 3 is 2.56 bits per heavy atom. The first kappa shape index (κ1) is 20.3. The standard InChI is InChI=1S/C17H14Cl2N4O4/c1-10(8-16(24)20-14-7-6-11(18)9-13(14)19)21-22-17(25)12-4-2-3-5-15(12)23(26)27/h2-7,9H,8H2,1H3,(H,20,24)(H,22,25). The van der Waals surface area contributed by atoms with Crippen LogP contribution in [0.3, 0.4) is 0 Å². The molecule has 2 N–H and O–H groups in total. The Balaban J connectivity index is 1.98. The molecule has 0 saturated heterocycles. The van der Waals surface area contributed by atoms with Crippen LogP contribution in [-0.2, 0) is 4.79 Å². The van der Waals surface area contributed by atoms with Gasteiger partial charge < -0.3 is 5.32 Å². The molecular formula is C17H14Cl2N4O4. The van der Waals surface area contributed by atoms with Crippen LogP contribution in [0, 0.1) is 10.1 Å². The minimum atomic E-state index is -0.747. The fourth-order valence-corrected chi connectivity index (χ4v) is 2.54. The van der Waals surface area contributed by atoms with Crippen LogP contribution in [0.25, 0.3) is 0 Å². The molecule has 8 nitrogen and oxygen atoms in total. The van der Waals surface area contributed by atoms with Gasteiger partial charge in [-0.1, -0.05) is 35.3 Å². The first-order valence-corrected chi connectivity index (χ1v) is 8.35. The van der Waals surface area contributed by atoms with Crippen molar-refractivity contribution in [3.05, 3.63) is 68.2 Å². The van der Waals surface area contributed by atoms with Crippen molar-refractivity contribution in [2.75, 3.05) is 5.32 Å². The molecule has 2 rings (SSSR count). The topological polar surface area (TPSA) is 114 Å². The van der Waals surface area contributed by atoms with E-state index in [1.165, 1.54) is 37.3 Å². The fourth-order valence-electron chi connectivity index (χ4n) is 2.09. The SMILES string of the molecule is CC(CC(=O)Nc1ccc(Cl)cc1Cl)=NNC(=O)c1ccccc1[N+](=O)[O-]. The maximum Gasteiger partial charge on any atom is 0.282 e. The van der Waals surface area contributed by atoms with E-state index in [9.17, 15) is 19.7 Å². The van der Waals surface area contributed by atoms with Gasteiger partial charge in [-0.15, -0.1) is 0 Å². The number of para-hydroxylation sites is 1. The molecule has 2 aromatic rings. The van der Waals surface area contributed by atoms with Crippen LogP contribution in [0.1, 0.15) is 23.7 Å². The van der Waals surface area contributed by atoms with Gasteiger partial charge >= 0.3 is 0 Å². The van der Waals surface area contributed by atoms with Crippen molar-refractivity contribution in [3.8, 4) is 0 Å². The summed E-state index contributed by atoms with van der Waals surface area (Å²) in [6.45, 7) is 1.53. The average Bonchev–Trinajstić information content (AvgIpc) is 2.62. The Morgan fingerprint density at radius 1 is 1.19 bits per heavy atom. The number of nitro groups is 1. The van der Waals surface area contributed by atoms with Gasteiger partial charge in [-0.25, -0.2) is 5.43 Å². The lowest BCUT2D eigenvalue weighted by atomic mass is 10.2. The normalized spacial score (nSPS) is 11.0. The molecule has 27 heavy (non-hydrogen) atoms. The van der Waals surface area contributed by atoms with Gasteiger partial charge in [-0.05, 0) is 31.2 Å². The zero-order valence-electron chi connectivity index (χ0n) is 14.0. The van der Waals surface area contributed by atoms with E-state index in [2.05, 4.69) is 15.8 Å². The number of hydrazone groups is 1. The molecule has 0 radical (unpaired) electrons. The molecule has 0 unspecified atom stereocenters. The van der Waals surface area contributed by atoms with Crippen molar-refractivity contribution in [1.82, 2.24) is 5.43 Å². The van der Waals surface area contributed by atoms with Crippen LogP contribution in [0.2, 0.25) is 10.0 Å². The highest BCUT2D eigenvalue weighted by atomic mass is 35.5. The van der Waals surface area contributed by atoms with Crippen LogP contribution in [0.4, 0.5) is 11.4 Å². The second-order valence-corrected chi connectivity index (χ2v) is 6.26. The maximum atomic E-state index is 12.1. The van der Waals surface area contributed by atoms with Crippen molar-refractivity contribution in [2.45, 2.75) is 13.3 Å². The number of rotatable bonds is 6. The van der Waals surface area contributed by atoms with Crippen LogP contribution < -0.4 is 10.7 Å². The van der Waals surface area contributed by atoms with Crippen molar-refractivity contribution >= 4 is 52.1 Å². The third-order valence-electron chi connectivity index (χ3n) is 3.32. The molecule has 0 heterocycles. The third kappa shape index (κ3) is 5.77. The number of nitrogens with zero attached hydrogens (tertiary/aromatic N) is 2. The molecule has 0 aliphatic heterocycles. The molecule has 10 heteroatoms. The molecule has 0 fully saturated rings. The number of nitrogens with one attached hydrogen (secondary N) is 2. The minimum absolute atomic E-state index is 0.115. The molecular weight excluding hydrogens is 395 g/mol. The molecule has 0 aromatic heterocycles. The lowest BCUT2D eigenvalue weighted by molar-refractivity contribution is -0.385. The first-order chi connectivity index (χ1) is 12.8. The zero-order chi connectivity index (χ0) is 20.0. The van der Waals surface area contributed by atoms with Crippen LogP contribution >= 0.6 is 23.2 Å². The second-order valence-electron chi connectivity index (χ2n) is 5.41. The Labute approximate surface area is 164 Å². The highest BCUT2D eigenvalue weighted by Crippen LogP contribution is 2.25. The largest absolute Gasteiger partial charge is 0.324 e. The summed E-state index contributed by atoms with van der Waals surface area (Å²) in [5.74, 6) is -1.15. The van der Waals surface area contributed by atoms with Gasteiger partial charge in [0.15, 0.2) is 0 Å². The summed E-state index contributed by atoms with van der Waals surface area (Å²) >= 11 is 11.8. The predicted molar refractivity (Wildman–Crippen MR) is 103 cm³/mol. The van der Waals surface area contributed by atoms with Gasteiger partial charge in [-0.2, -0.15) is 5.10 Å². The summed E-state index contributed by atoms with van der Waals surface area (Å²) in [4.78, 5) is 34.4. The Bertz CT molecular complexity index is 931. The van der Waals surface area contributed by atoms with E-state index in [1.807, 2.05) is 0 Å². The molecule has 0 aliphatic carbocycles. The van der Waals surface area contributed by atoms with E-state index in [1.54, 1.807) is 12.1 Å². The predicted octanol–water partition coefficient (Wildman–Crippen LogP) is 4.04. The Kier molecular flexibility index (Phi) is 6.86.